The lowest BCUT2D eigenvalue weighted by Gasteiger charge is -2.23. The number of nitrogens with one attached hydrogen (secondary N) is 2. The number of hydrogen-bond acceptors (Lipinski definition) is 3. The summed E-state index contributed by atoms with van der Waals surface area (Å²) in [5.74, 6) is 0.541. The fourth-order valence-corrected chi connectivity index (χ4v) is 3.49. The van der Waals surface area contributed by atoms with Crippen molar-refractivity contribution in [2.75, 3.05) is 11.9 Å². The summed E-state index contributed by atoms with van der Waals surface area (Å²) in [6.07, 6.45) is -2.19. The molecule has 0 aromatic carbocycles. The van der Waals surface area contributed by atoms with Gasteiger partial charge in [0.15, 0.2) is 5.69 Å². The molecule has 2 N–H and O–H groups in total. The van der Waals surface area contributed by atoms with Gasteiger partial charge in [0.25, 0.3) is 0 Å². The highest BCUT2D eigenvalue weighted by Crippen LogP contribution is 2.30. The van der Waals surface area contributed by atoms with E-state index in [0.29, 0.717) is 31.8 Å². The Kier molecular flexibility index (Phi) is 4.53. The zero-order valence-electron chi connectivity index (χ0n) is 13.0. The zero-order valence-corrected chi connectivity index (χ0v) is 13.8. The number of rotatable bonds is 3. The first kappa shape index (κ1) is 16.8. The summed E-state index contributed by atoms with van der Waals surface area (Å²) < 4.78 is 39.6. The van der Waals surface area contributed by atoms with Crippen molar-refractivity contribution >= 4 is 23.1 Å². The molecule has 1 aliphatic rings. The molecule has 130 valence electrons. The van der Waals surface area contributed by atoms with Gasteiger partial charge in [0, 0.05) is 31.1 Å². The van der Waals surface area contributed by atoms with Gasteiger partial charge in [-0.2, -0.15) is 13.2 Å². The van der Waals surface area contributed by atoms with Crippen molar-refractivity contribution in [3.05, 3.63) is 34.0 Å². The molecule has 3 rings (SSSR count). The predicted molar refractivity (Wildman–Crippen MR) is 85.1 cm³/mol. The maximum atomic E-state index is 12.7. The van der Waals surface area contributed by atoms with Gasteiger partial charge in [-0.25, -0.2) is 9.78 Å². The van der Waals surface area contributed by atoms with E-state index in [0.717, 1.165) is 17.4 Å². The summed E-state index contributed by atoms with van der Waals surface area (Å²) in [6.45, 7) is 2.75. The first-order valence-electron chi connectivity index (χ1n) is 7.54. The fraction of sp³-hybridized carbons (Fsp3) is 0.467. The molecule has 2 aromatic heterocycles. The van der Waals surface area contributed by atoms with Gasteiger partial charge in [0.05, 0.1) is 5.69 Å². The number of carbonyl (C=O) groups excluding carboxylic acids is 1. The van der Waals surface area contributed by atoms with Crippen molar-refractivity contribution in [2.45, 2.75) is 32.5 Å². The molecule has 5 nitrogen and oxygen atoms in total. The normalized spacial score (nSPS) is 17.4. The largest absolute Gasteiger partial charge is 0.434 e. The van der Waals surface area contributed by atoms with Crippen LogP contribution in [0.2, 0.25) is 0 Å². The minimum Gasteiger partial charge on any atom is -0.338 e. The Morgan fingerprint density at radius 1 is 1.46 bits per heavy atom. The number of aromatic nitrogens is 2. The summed E-state index contributed by atoms with van der Waals surface area (Å²) in [5, 5.41) is 9.34. The second kappa shape index (κ2) is 6.46. The van der Waals surface area contributed by atoms with E-state index in [1.165, 1.54) is 11.3 Å². The van der Waals surface area contributed by atoms with E-state index in [2.05, 4.69) is 15.6 Å². The van der Waals surface area contributed by atoms with Crippen LogP contribution in [0.3, 0.4) is 0 Å². The first-order chi connectivity index (χ1) is 11.3. The molecule has 3 heterocycles. The van der Waals surface area contributed by atoms with Crippen molar-refractivity contribution < 1.29 is 18.0 Å². The third kappa shape index (κ3) is 3.72. The molecule has 9 heteroatoms. The average Bonchev–Trinajstić information content (AvgIpc) is 3.11. The number of imidazole rings is 1. The van der Waals surface area contributed by atoms with Crippen molar-refractivity contribution in [3.63, 3.8) is 0 Å². The Labute approximate surface area is 140 Å². The lowest BCUT2D eigenvalue weighted by molar-refractivity contribution is -0.141. The average molecular weight is 358 g/mol. The van der Waals surface area contributed by atoms with E-state index in [-0.39, 0.29) is 11.9 Å². The SMILES string of the molecule is Cc1cscc1NC(=O)NC[C@@H]1CCc2nc(C(F)(F)F)cn2C1. The van der Waals surface area contributed by atoms with E-state index < -0.39 is 11.9 Å². The third-order valence-corrected chi connectivity index (χ3v) is 4.90. The Bertz CT molecular complexity index is 737. The van der Waals surface area contributed by atoms with Crippen molar-refractivity contribution in [3.8, 4) is 0 Å². The smallest absolute Gasteiger partial charge is 0.338 e. The minimum atomic E-state index is -4.42. The Morgan fingerprint density at radius 2 is 2.25 bits per heavy atom. The predicted octanol–water partition coefficient (Wildman–Crippen LogP) is 3.66. The van der Waals surface area contributed by atoms with E-state index in [4.69, 9.17) is 0 Å². The Balaban J connectivity index is 1.53. The number of hydrogen-bond donors (Lipinski definition) is 2. The molecule has 0 aliphatic carbocycles. The Hall–Kier alpha value is -2.03. The lowest BCUT2D eigenvalue weighted by Crippen LogP contribution is -2.36. The summed E-state index contributed by atoms with van der Waals surface area (Å²) in [4.78, 5) is 15.6. The van der Waals surface area contributed by atoms with Gasteiger partial charge in [0.2, 0.25) is 0 Å². The fourth-order valence-electron chi connectivity index (χ4n) is 2.71. The van der Waals surface area contributed by atoms with E-state index in [1.807, 2.05) is 17.7 Å². The molecule has 2 amide bonds. The molecule has 0 fully saturated rings. The molecule has 24 heavy (non-hydrogen) atoms. The molecule has 1 atom stereocenters. The van der Waals surface area contributed by atoms with Crippen LogP contribution in [0.25, 0.3) is 0 Å². The topological polar surface area (TPSA) is 59.0 Å². The molecule has 0 radical (unpaired) electrons. The molecule has 0 bridgehead atoms. The third-order valence-electron chi connectivity index (χ3n) is 4.04. The van der Waals surface area contributed by atoms with Crippen LogP contribution in [0.5, 0.6) is 0 Å². The standard InChI is InChI=1S/C15H17F3N4OS/c1-9-7-24-8-11(9)20-14(23)19-4-10-2-3-13-21-12(15(16,17)18)6-22(13)5-10/h6-8,10H,2-5H2,1H3,(H2,19,20,23)/t10-/m0/s1. The molecule has 1 aliphatic heterocycles. The van der Waals surface area contributed by atoms with Crippen LogP contribution in [-0.2, 0) is 19.1 Å². The summed E-state index contributed by atoms with van der Waals surface area (Å²) in [7, 11) is 0. The molecule has 0 saturated carbocycles. The van der Waals surface area contributed by atoms with Crippen LogP contribution in [0.1, 0.15) is 23.5 Å². The summed E-state index contributed by atoms with van der Waals surface area (Å²) in [6, 6.07) is -0.302. The number of nitrogens with zero attached hydrogens (tertiary/aromatic N) is 2. The number of fused-ring (bicyclic) bond motifs is 1. The number of alkyl halides is 3. The monoisotopic (exact) mass is 358 g/mol. The number of thiophene rings is 1. The van der Waals surface area contributed by atoms with Crippen LogP contribution in [0.15, 0.2) is 17.0 Å². The second-order valence-electron chi connectivity index (χ2n) is 5.90. The van der Waals surface area contributed by atoms with Gasteiger partial charge in [-0.3, -0.25) is 0 Å². The van der Waals surface area contributed by atoms with Crippen LogP contribution >= 0.6 is 11.3 Å². The van der Waals surface area contributed by atoms with Crippen LogP contribution < -0.4 is 10.6 Å². The second-order valence-corrected chi connectivity index (χ2v) is 6.64. The zero-order chi connectivity index (χ0) is 17.3. The number of anilines is 1. The molecule has 2 aromatic rings. The van der Waals surface area contributed by atoms with Crippen LogP contribution in [-0.4, -0.2) is 22.1 Å². The van der Waals surface area contributed by atoms with E-state index in [1.54, 1.807) is 4.57 Å². The highest BCUT2D eigenvalue weighted by atomic mass is 32.1. The molecule has 0 spiro atoms. The number of halogens is 3. The van der Waals surface area contributed by atoms with Gasteiger partial charge >= 0.3 is 12.2 Å². The molecular weight excluding hydrogens is 341 g/mol. The minimum absolute atomic E-state index is 0.0853. The Morgan fingerprint density at radius 3 is 2.92 bits per heavy atom. The molecular formula is C15H17F3N4OS. The van der Waals surface area contributed by atoms with E-state index in [9.17, 15) is 18.0 Å². The highest BCUT2D eigenvalue weighted by molar-refractivity contribution is 7.08. The van der Waals surface area contributed by atoms with Crippen LogP contribution in [0, 0.1) is 12.8 Å². The van der Waals surface area contributed by atoms with Crippen molar-refractivity contribution in [1.82, 2.24) is 14.9 Å². The maximum Gasteiger partial charge on any atom is 0.434 e. The first-order valence-corrected chi connectivity index (χ1v) is 8.48. The van der Waals surface area contributed by atoms with Gasteiger partial charge in [-0.15, -0.1) is 11.3 Å². The highest BCUT2D eigenvalue weighted by Gasteiger charge is 2.35. The maximum absolute atomic E-state index is 12.7. The number of aryl methyl sites for hydroxylation is 2. The van der Waals surface area contributed by atoms with E-state index >= 15 is 0 Å². The van der Waals surface area contributed by atoms with Gasteiger partial charge in [-0.05, 0) is 30.2 Å². The van der Waals surface area contributed by atoms with Crippen molar-refractivity contribution in [2.24, 2.45) is 5.92 Å². The van der Waals surface area contributed by atoms with Crippen molar-refractivity contribution in [1.29, 1.82) is 0 Å². The quantitative estimate of drug-likeness (QED) is 0.880. The molecule has 0 saturated heterocycles. The summed E-state index contributed by atoms with van der Waals surface area (Å²) in [5.41, 5.74) is 0.917. The number of carbonyl (C=O) groups is 1. The summed E-state index contributed by atoms with van der Waals surface area (Å²) >= 11 is 1.51. The lowest BCUT2D eigenvalue weighted by atomic mass is 9.99. The van der Waals surface area contributed by atoms with Gasteiger partial charge in [-0.1, -0.05) is 0 Å². The number of amides is 2. The van der Waals surface area contributed by atoms with Gasteiger partial charge in [0.1, 0.15) is 5.82 Å². The number of urea groups is 1. The van der Waals surface area contributed by atoms with Crippen LogP contribution in [0.4, 0.5) is 23.7 Å². The molecule has 0 unspecified atom stereocenters. The van der Waals surface area contributed by atoms with Gasteiger partial charge < -0.3 is 15.2 Å².